The number of benzene rings is 1. The standard InChI is InChI=1S/C12H13ClN4O2.ClH/c13-10-4-2-1-3-9(10)7-19-6-5-14-12(18)11-15-8-16-17-11;/h1-4,8H,5-7H2,(H,14,18)(H,15,16,17);1H. The van der Waals surface area contributed by atoms with Crippen molar-refractivity contribution in [1.29, 1.82) is 0 Å². The van der Waals surface area contributed by atoms with E-state index in [2.05, 4.69) is 20.5 Å². The van der Waals surface area contributed by atoms with Crippen LogP contribution >= 0.6 is 24.0 Å². The van der Waals surface area contributed by atoms with Crippen molar-refractivity contribution in [3.05, 3.63) is 47.0 Å². The van der Waals surface area contributed by atoms with Gasteiger partial charge in [0.2, 0.25) is 5.82 Å². The van der Waals surface area contributed by atoms with E-state index in [9.17, 15) is 4.79 Å². The Hall–Kier alpha value is -1.63. The van der Waals surface area contributed by atoms with Gasteiger partial charge in [0.1, 0.15) is 6.33 Å². The second-order valence-electron chi connectivity index (χ2n) is 3.73. The summed E-state index contributed by atoms with van der Waals surface area (Å²) in [5, 5.41) is 9.40. The summed E-state index contributed by atoms with van der Waals surface area (Å²) in [7, 11) is 0. The van der Waals surface area contributed by atoms with E-state index in [4.69, 9.17) is 16.3 Å². The van der Waals surface area contributed by atoms with Crippen LogP contribution in [0.25, 0.3) is 0 Å². The van der Waals surface area contributed by atoms with E-state index in [0.717, 1.165) is 5.56 Å². The Morgan fingerprint density at radius 1 is 1.40 bits per heavy atom. The molecule has 20 heavy (non-hydrogen) atoms. The number of nitrogens with zero attached hydrogens (tertiary/aromatic N) is 2. The average molecular weight is 317 g/mol. The van der Waals surface area contributed by atoms with Gasteiger partial charge < -0.3 is 10.1 Å². The summed E-state index contributed by atoms with van der Waals surface area (Å²) in [6.45, 7) is 1.20. The van der Waals surface area contributed by atoms with Crippen molar-refractivity contribution in [2.45, 2.75) is 6.61 Å². The molecule has 0 aliphatic heterocycles. The molecule has 6 nitrogen and oxygen atoms in total. The lowest BCUT2D eigenvalue weighted by Crippen LogP contribution is -2.28. The number of aromatic amines is 1. The first-order valence-electron chi connectivity index (χ1n) is 5.72. The van der Waals surface area contributed by atoms with E-state index < -0.39 is 0 Å². The Balaban J connectivity index is 0.00000200. The van der Waals surface area contributed by atoms with Crippen LogP contribution in [0.2, 0.25) is 5.02 Å². The molecule has 0 fully saturated rings. The highest BCUT2D eigenvalue weighted by Gasteiger charge is 2.06. The van der Waals surface area contributed by atoms with Crippen LogP contribution in [-0.4, -0.2) is 34.2 Å². The minimum Gasteiger partial charge on any atom is -0.375 e. The number of nitrogens with one attached hydrogen (secondary N) is 2. The Kier molecular flexibility index (Phi) is 7.00. The zero-order valence-electron chi connectivity index (χ0n) is 10.5. The molecule has 0 bridgehead atoms. The molecule has 0 saturated carbocycles. The second kappa shape index (κ2) is 8.52. The van der Waals surface area contributed by atoms with Gasteiger partial charge in [-0.25, -0.2) is 4.98 Å². The van der Waals surface area contributed by atoms with Gasteiger partial charge in [0, 0.05) is 11.6 Å². The molecular formula is C12H14Cl2N4O2. The van der Waals surface area contributed by atoms with Crippen molar-refractivity contribution >= 4 is 29.9 Å². The van der Waals surface area contributed by atoms with Crippen molar-refractivity contribution in [3.8, 4) is 0 Å². The predicted molar refractivity (Wildman–Crippen MR) is 77.1 cm³/mol. The van der Waals surface area contributed by atoms with Crippen LogP contribution < -0.4 is 5.32 Å². The van der Waals surface area contributed by atoms with Gasteiger partial charge in [0.25, 0.3) is 5.91 Å². The zero-order valence-corrected chi connectivity index (χ0v) is 12.1. The van der Waals surface area contributed by atoms with E-state index in [1.54, 1.807) is 0 Å². The summed E-state index contributed by atoms with van der Waals surface area (Å²) < 4.78 is 5.42. The highest BCUT2D eigenvalue weighted by atomic mass is 35.5. The van der Waals surface area contributed by atoms with Crippen LogP contribution in [0.3, 0.4) is 0 Å². The Labute approximate surface area is 127 Å². The first-order chi connectivity index (χ1) is 9.27. The maximum absolute atomic E-state index is 11.5. The van der Waals surface area contributed by atoms with E-state index in [1.807, 2.05) is 24.3 Å². The van der Waals surface area contributed by atoms with Crippen molar-refractivity contribution < 1.29 is 9.53 Å². The third-order valence-corrected chi connectivity index (χ3v) is 2.75. The average Bonchev–Trinajstić information content (AvgIpc) is 2.94. The maximum atomic E-state index is 11.5. The molecule has 1 aromatic heterocycles. The molecule has 2 rings (SSSR count). The van der Waals surface area contributed by atoms with Crippen molar-refractivity contribution in [2.75, 3.05) is 13.2 Å². The molecule has 0 aliphatic rings. The van der Waals surface area contributed by atoms with Gasteiger partial charge in [0.05, 0.1) is 13.2 Å². The first kappa shape index (κ1) is 16.4. The molecule has 0 atom stereocenters. The van der Waals surface area contributed by atoms with Crippen LogP contribution in [0.1, 0.15) is 16.2 Å². The monoisotopic (exact) mass is 316 g/mol. The minimum atomic E-state index is -0.307. The lowest BCUT2D eigenvalue weighted by Gasteiger charge is -2.06. The van der Waals surface area contributed by atoms with Gasteiger partial charge in [-0.1, -0.05) is 29.8 Å². The van der Waals surface area contributed by atoms with Crippen LogP contribution in [-0.2, 0) is 11.3 Å². The summed E-state index contributed by atoms with van der Waals surface area (Å²) in [6.07, 6.45) is 1.28. The number of carbonyl (C=O) groups excluding carboxylic acids is 1. The Bertz CT molecular complexity index is 534. The van der Waals surface area contributed by atoms with Gasteiger partial charge in [-0.05, 0) is 11.6 Å². The predicted octanol–water partition coefficient (Wildman–Crippen LogP) is 1.83. The number of halogens is 2. The van der Waals surface area contributed by atoms with Crippen molar-refractivity contribution in [3.63, 3.8) is 0 Å². The molecule has 1 aromatic carbocycles. The number of amides is 1. The summed E-state index contributed by atoms with van der Waals surface area (Å²) in [5.41, 5.74) is 0.922. The molecule has 0 unspecified atom stereocenters. The minimum absolute atomic E-state index is 0. The molecule has 0 spiro atoms. The molecule has 108 valence electrons. The van der Waals surface area contributed by atoms with Crippen LogP contribution in [0.5, 0.6) is 0 Å². The molecule has 0 radical (unpaired) electrons. The Morgan fingerprint density at radius 3 is 2.90 bits per heavy atom. The number of hydrogen-bond donors (Lipinski definition) is 2. The van der Waals surface area contributed by atoms with E-state index in [0.29, 0.717) is 24.8 Å². The fourth-order valence-corrected chi connectivity index (χ4v) is 1.62. The van der Waals surface area contributed by atoms with Crippen molar-refractivity contribution in [2.24, 2.45) is 0 Å². The topological polar surface area (TPSA) is 79.9 Å². The molecule has 1 heterocycles. The van der Waals surface area contributed by atoms with Crippen LogP contribution in [0.15, 0.2) is 30.6 Å². The van der Waals surface area contributed by atoms with Gasteiger partial charge in [-0.3, -0.25) is 9.89 Å². The highest BCUT2D eigenvalue weighted by Crippen LogP contribution is 2.15. The first-order valence-corrected chi connectivity index (χ1v) is 6.10. The molecule has 2 aromatic rings. The Morgan fingerprint density at radius 2 is 2.20 bits per heavy atom. The summed E-state index contributed by atoms with van der Waals surface area (Å²) in [6, 6.07) is 7.47. The molecular weight excluding hydrogens is 303 g/mol. The summed E-state index contributed by atoms with van der Waals surface area (Å²) in [5.74, 6) is -0.120. The molecule has 0 aliphatic carbocycles. The molecule has 8 heteroatoms. The maximum Gasteiger partial charge on any atom is 0.288 e. The number of aromatic nitrogens is 3. The number of hydrogen-bond acceptors (Lipinski definition) is 4. The molecule has 1 amide bonds. The number of carbonyl (C=O) groups is 1. The van der Waals surface area contributed by atoms with Crippen LogP contribution in [0, 0.1) is 0 Å². The fourth-order valence-electron chi connectivity index (χ4n) is 1.43. The number of rotatable bonds is 6. The third-order valence-electron chi connectivity index (χ3n) is 2.38. The highest BCUT2D eigenvalue weighted by molar-refractivity contribution is 6.31. The van der Waals surface area contributed by atoms with Crippen LogP contribution in [0.4, 0.5) is 0 Å². The quantitative estimate of drug-likeness (QED) is 0.797. The zero-order chi connectivity index (χ0) is 13.5. The normalized spacial score (nSPS) is 9.85. The smallest absolute Gasteiger partial charge is 0.288 e. The second-order valence-corrected chi connectivity index (χ2v) is 4.14. The lowest BCUT2D eigenvalue weighted by molar-refractivity contribution is 0.0892. The van der Waals surface area contributed by atoms with E-state index in [-0.39, 0.29) is 24.1 Å². The largest absolute Gasteiger partial charge is 0.375 e. The third kappa shape index (κ3) is 4.80. The summed E-state index contributed by atoms with van der Waals surface area (Å²) >= 11 is 5.99. The van der Waals surface area contributed by atoms with E-state index >= 15 is 0 Å². The fraction of sp³-hybridized carbons (Fsp3) is 0.250. The van der Waals surface area contributed by atoms with Gasteiger partial charge >= 0.3 is 0 Å². The van der Waals surface area contributed by atoms with Gasteiger partial charge in [-0.15, -0.1) is 12.4 Å². The molecule has 0 saturated heterocycles. The SMILES string of the molecule is Cl.O=C(NCCOCc1ccccc1Cl)c1ncn[nH]1. The van der Waals surface area contributed by atoms with Crippen molar-refractivity contribution in [1.82, 2.24) is 20.5 Å². The van der Waals surface area contributed by atoms with Gasteiger partial charge in [0.15, 0.2) is 0 Å². The number of ether oxygens (including phenoxy) is 1. The summed E-state index contributed by atoms with van der Waals surface area (Å²) in [4.78, 5) is 15.2. The van der Waals surface area contributed by atoms with E-state index in [1.165, 1.54) is 6.33 Å². The number of H-pyrrole nitrogens is 1. The van der Waals surface area contributed by atoms with Gasteiger partial charge in [-0.2, -0.15) is 5.10 Å². The molecule has 2 N–H and O–H groups in total. The lowest BCUT2D eigenvalue weighted by atomic mass is 10.2.